The van der Waals surface area contributed by atoms with Crippen molar-refractivity contribution in [1.29, 1.82) is 0 Å². The molecule has 0 aliphatic carbocycles. The molecule has 1 N–H and O–H groups in total. The molecule has 4 aromatic carbocycles. The number of rotatable bonds is 12. The summed E-state index contributed by atoms with van der Waals surface area (Å²) in [7, 11) is 0. The Bertz CT molecular complexity index is 1880. The van der Waals surface area contributed by atoms with Gasteiger partial charge in [0.2, 0.25) is 11.8 Å². The first-order valence-electron chi connectivity index (χ1n) is 16.9. The summed E-state index contributed by atoms with van der Waals surface area (Å²) < 4.78 is 6.80. The third kappa shape index (κ3) is 5.55. The number of likely N-dealkylation sites (tertiary alicyclic amines) is 1. The van der Waals surface area contributed by atoms with Gasteiger partial charge >= 0.3 is 0 Å². The second kappa shape index (κ2) is 13.5. The van der Waals surface area contributed by atoms with E-state index in [1.54, 1.807) is 22.0 Å². The number of ether oxygens (including phenoxy) is 1. The first-order chi connectivity index (χ1) is 23.9. The second-order valence-electron chi connectivity index (χ2n) is 13.2. The second-order valence-corrected chi connectivity index (χ2v) is 13.2. The zero-order valence-electron chi connectivity index (χ0n) is 27.4. The van der Waals surface area contributed by atoms with Crippen LogP contribution in [0.25, 0.3) is 10.8 Å². The number of aliphatic hydroxyl groups excluding tert-OH is 1. The molecule has 4 aromatic rings. The van der Waals surface area contributed by atoms with Crippen LogP contribution in [0.3, 0.4) is 0 Å². The Balaban J connectivity index is 1.32. The minimum absolute atomic E-state index is 0.195. The average Bonchev–Trinajstić information content (AvgIpc) is 3.78. The first kappa shape index (κ1) is 32.5. The van der Waals surface area contributed by atoms with E-state index in [0.29, 0.717) is 37.2 Å². The molecule has 1 spiro atoms. The Morgan fingerprint density at radius 3 is 2.27 bits per heavy atom. The third-order valence-electron chi connectivity index (χ3n) is 10.5. The van der Waals surface area contributed by atoms with Crippen LogP contribution in [-0.4, -0.2) is 70.1 Å². The number of hydrogen-bond donors (Lipinski definition) is 1. The number of nitrogens with zero attached hydrogens (tertiary/aromatic N) is 3. The predicted molar refractivity (Wildman–Crippen MR) is 189 cm³/mol. The van der Waals surface area contributed by atoms with Crippen molar-refractivity contribution in [3.8, 4) is 0 Å². The van der Waals surface area contributed by atoms with E-state index in [2.05, 4.69) is 13.2 Å². The van der Waals surface area contributed by atoms with Crippen molar-refractivity contribution in [3.63, 3.8) is 0 Å². The molecule has 250 valence electrons. The number of aliphatic hydroxyl groups is 1. The summed E-state index contributed by atoms with van der Waals surface area (Å²) in [6.45, 7) is 8.28. The number of anilines is 1. The fourth-order valence-corrected chi connectivity index (χ4v) is 8.36. The lowest BCUT2D eigenvalue weighted by Gasteiger charge is -2.39. The van der Waals surface area contributed by atoms with Crippen molar-refractivity contribution < 1.29 is 24.2 Å². The molecule has 0 radical (unpaired) electrons. The van der Waals surface area contributed by atoms with Crippen molar-refractivity contribution in [2.24, 2.45) is 11.8 Å². The molecular formula is C41H41N3O5. The highest BCUT2D eigenvalue weighted by Crippen LogP contribution is 2.60. The lowest BCUT2D eigenvalue weighted by Crippen LogP contribution is -2.57. The molecule has 6 atom stereocenters. The highest BCUT2D eigenvalue weighted by Gasteiger charge is 2.75. The van der Waals surface area contributed by atoms with Crippen LogP contribution in [0.5, 0.6) is 0 Å². The van der Waals surface area contributed by atoms with Gasteiger partial charge in [0.15, 0.2) is 0 Å². The summed E-state index contributed by atoms with van der Waals surface area (Å²) in [5.41, 5.74) is 1.08. The molecule has 2 bridgehead atoms. The highest BCUT2D eigenvalue weighted by atomic mass is 16.5. The molecule has 3 heterocycles. The smallest absolute Gasteiger partial charge is 0.253 e. The van der Waals surface area contributed by atoms with Gasteiger partial charge in [0.1, 0.15) is 11.6 Å². The van der Waals surface area contributed by atoms with Crippen LogP contribution in [0, 0.1) is 11.8 Å². The van der Waals surface area contributed by atoms with E-state index in [0.717, 1.165) is 16.3 Å². The molecule has 3 aliphatic heterocycles. The van der Waals surface area contributed by atoms with Gasteiger partial charge in [0.05, 0.1) is 30.6 Å². The SMILES string of the molecule is C=CCN(Cc1ccccc1)C(=O)[C@@H]1[C@@H]2CCC3(O2)C(C(=O)N(CC=C)c2ccc4ccccc4c2)N([C@H](CO)c2ccccc2)C(=O)[C@H]13. The van der Waals surface area contributed by atoms with Crippen molar-refractivity contribution in [2.45, 2.75) is 43.2 Å². The molecule has 8 nitrogen and oxygen atoms in total. The summed E-state index contributed by atoms with van der Waals surface area (Å²) >= 11 is 0. The lowest BCUT2D eigenvalue weighted by atomic mass is 9.70. The molecule has 8 heteroatoms. The third-order valence-corrected chi connectivity index (χ3v) is 10.5. The number of hydrogen-bond acceptors (Lipinski definition) is 5. The molecular weight excluding hydrogens is 614 g/mol. The van der Waals surface area contributed by atoms with Gasteiger partial charge in [-0.05, 0) is 46.9 Å². The summed E-state index contributed by atoms with van der Waals surface area (Å²) in [5, 5.41) is 12.9. The molecule has 7 rings (SSSR count). The molecule has 0 saturated carbocycles. The van der Waals surface area contributed by atoms with Gasteiger partial charge in [-0.1, -0.05) is 103 Å². The number of fused-ring (bicyclic) bond motifs is 2. The van der Waals surface area contributed by atoms with Crippen LogP contribution in [-0.2, 0) is 25.7 Å². The topological polar surface area (TPSA) is 90.4 Å². The van der Waals surface area contributed by atoms with Gasteiger partial charge < -0.3 is 24.5 Å². The maximum Gasteiger partial charge on any atom is 0.253 e. The van der Waals surface area contributed by atoms with E-state index >= 15 is 4.79 Å². The summed E-state index contributed by atoms with van der Waals surface area (Å²) in [6.07, 6.45) is 3.82. The van der Waals surface area contributed by atoms with Gasteiger partial charge in [-0.25, -0.2) is 0 Å². The van der Waals surface area contributed by atoms with Crippen LogP contribution in [0.2, 0.25) is 0 Å². The molecule has 2 unspecified atom stereocenters. The van der Waals surface area contributed by atoms with E-state index < -0.39 is 42.2 Å². The Kier molecular flexibility index (Phi) is 8.92. The van der Waals surface area contributed by atoms with Crippen molar-refractivity contribution >= 4 is 34.2 Å². The zero-order chi connectivity index (χ0) is 34.1. The normalized spacial score (nSPS) is 24.4. The Labute approximate surface area is 286 Å². The van der Waals surface area contributed by atoms with Gasteiger partial charge in [-0.3, -0.25) is 14.4 Å². The van der Waals surface area contributed by atoms with Crippen molar-refractivity contribution in [2.75, 3.05) is 24.6 Å². The highest BCUT2D eigenvalue weighted by molar-refractivity contribution is 6.06. The maximum absolute atomic E-state index is 15.2. The molecule has 3 fully saturated rings. The van der Waals surface area contributed by atoms with E-state index in [4.69, 9.17) is 4.74 Å². The largest absolute Gasteiger partial charge is 0.394 e. The minimum Gasteiger partial charge on any atom is -0.394 e. The lowest BCUT2D eigenvalue weighted by molar-refractivity contribution is -0.147. The number of carbonyl (C=O) groups excluding carboxylic acids is 3. The zero-order valence-corrected chi connectivity index (χ0v) is 27.4. The van der Waals surface area contributed by atoms with E-state index in [-0.39, 0.29) is 24.3 Å². The van der Waals surface area contributed by atoms with E-state index in [1.807, 2.05) is 103 Å². The first-order valence-corrected chi connectivity index (χ1v) is 16.9. The van der Waals surface area contributed by atoms with Crippen molar-refractivity contribution in [3.05, 3.63) is 140 Å². The molecule has 3 aliphatic rings. The summed E-state index contributed by atoms with van der Waals surface area (Å²) in [5.74, 6) is -2.55. The summed E-state index contributed by atoms with van der Waals surface area (Å²) in [6, 6.07) is 30.8. The van der Waals surface area contributed by atoms with Gasteiger partial charge in [0.25, 0.3) is 5.91 Å². The predicted octanol–water partition coefficient (Wildman–Crippen LogP) is 5.68. The molecule has 3 amide bonds. The number of amides is 3. The van der Waals surface area contributed by atoms with Crippen molar-refractivity contribution in [1.82, 2.24) is 9.80 Å². The van der Waals surface area contributed by atoms with Gasteiger partial charge in [0, 0.05) is 25.3 Å². The Hall–Kier alpha value is -5.05. The Morgan fingerprint density at radius 1 is 0.898 bits per heavy atom. The van der Waals surface area contributed by atoms with E-state index in [9.17, 15) is 14.7 Å². The standard InChI is InChI=1S/C41H41N3O5/c1-3-23-42(26-28-13-7-5-8-14-28)38(46)35-34-21-22-41(49-34)36(35)39(47)44(33(27-45)30-16-9-6-10-17-30)37(41)40(48)43(24-4-2)32-20-19-29-15-11-12-18-31(29)25-32/h3-20,25,33-37,45H,1-2,21-24,26-27H2/t33-,34+,35-,36+,37?,41?/m1/s1. The van der Waals surface area contributed by atoms with Crippen LogP contribution >= 0.6 is 0 Å². The van der Waals surface area contributed by atoms with E-state index in [1.165, 1.54) is 4.90 Å². The van der Waals surface area contributed by atoms with Gasteiger partial charge in [-0.2, -0.15) is 0 Å². The van der Waals surface area contributed by atoms with Crippen LogP contribution < -0.4 is 4.90 Å². The van der Waals surface area contributed by atoms with Gasteiger partial charge in [-0.15, -0.1) is 13.2 Å². The van der Waals surface area contributed by atoms with Crippen LogP contribution in [0.1, 0.15) is 30.0 Å². The fraction of sp³-hybridized carbons (Fsp3) is 0.293. The molecule has 3 saturated heterocycles. The van der Waals surface area contributed by atoms with Crippen LogP contribution in [0.15, 0.2) is 128 Å². The minimum atomic E-state index is -1.25. The average molecular weight is 656 g/mol. The summed E-state index contributed by atoms with van der Waals surface area (Å²) in [4.78, 5) is 49.6. The Morgan fingerprint density at radius 2 is 1.57 bits per heavy atom. The number of carbonyl (C=O) groups is 3. The number of benzene rings is 4. The van der Waals surface area contributed by atoms with Crippen LogP contribution in [0.4, 0.5) is 5.69 Å². The maximum atomic E-state index is 15.2. The monoisotopic (exact) mass is 655 g/mol. The quantitative estimate of drug-likeness (QED) is 0.199. The molecule has 0 aromatic heterocycles. The molecule has 49 heavy (non-hydrogen) atoms. The fourth-order valence-electron chi connectivity index (χ4n) is 8.36.